The zero-order chi connectivity index (χ0) is 13.1. The highest BCUT2D eigenvalue weighted by molar-refractivity contribution is 6.31. The molecule has 96 valence electrons. The van der Waals surface area contributed by atoms with Crippen LogP contribution in [0.5, 0.6) is 0 Å². The highest BCUT2D eigenvalue weighted by Crippen LogP contribution is 2.25. The summed E-state index contributed by atoms with van der Waals surface area (Å²) < 4.78 is 0. The quantitative estimate of drug-likeness (QED) is 0.612. The smallest absolute Gasteiger partial charge is 0.283 e. The standard InChI is InChI=1S/C12H13ClN2O3/c13-9-4-5-10(11(8-9)15(17)18)12(16)14-6-2-1-3-7-14/h4-5,8H,1-3,6-7H2. The third kappa shape index (κ3) is 2.61. The van der Waals surface area contributed by atoms with Gasteiger partial charge in [-0.15, -0.1) is 0 Å². The Morgan fingerprint density at radius 1 is 1.28 bits per heavy atom. The molecule has 0 saturated carbocycles. The third-order valence-corrected chi connectivity index (χ3v) is 3.27. The zero-order valence-electron chi connectivity index (χ0n) is 9.76. The zero-order valence-corrected chi connectivity index (χ0v) is 10.5. The average molecular weight is 269 g/mol. The Balaban J connectivity index is 2.31. The molecule has 0 unspecified atom stereocenters. The molecule has 0 radical (unpaired) electrons. The van der Waals surface area contributed by atoms with Gasteiger partial charge in [-0.3, -0.25) is 14.9 Å². The van der Waals surface area contributed by atoms with Gasteiger partial charge in [-0.25, -0.2) is 0 Å². The predicted octanol–water partition coefficient (Wildman–Crippen LogP) is 2.87. The molecule has 1 aromatic carbocycles. The van der Waals surface area contributed by atoms with Gasteiger partial charge in [-0.2, -0.15) is 0 Å². The van der Waals surface area contributed by atoms with Gasteiger partial charge in [0.25, 0.3) is 11.6 Å². The second kappa shape index (κ2) is 5.35. The summed E-state index contributed by atoms with van der Waals surface area (Å²) in [4.78, 5) is 24.3. The molecule has 1 heterocycles. The monoisotopic (exact) mass is 268 g/mol. The summed E-state index contributed by atoms with van der Waals surface area (Å²) in [6.07, 6.45) is 3.01. The van der Waals surface area contributed by atoms with Crippen LogP contribution in [0.15, 0.2) is 18.2 Å². The summed E-state index contributed by atoms with van der Waals surface area (Å²) >= 11 is 5.72. The first-order chi connectivity index (χ1) is 8.59. The van der Waals surface area contributed by atoms with E-state index in [2.05, 4.69) is 0 Å². The van der Waals surface area contributed by atoms with Crippen molar-refractivity contribution >= 4 is 23.2 Å². The highest BCUT2D eigenvalue weighted by Gasteiger charge is 2.25. The van der Waals surface area contributed by atoms with E-state index in [-0.39, 0.29) is 22.2 Å². The molecule has 5 nitrogen and oxygen atoms in total. The molecular formula is C12H13ClN2O3. The Hall–Kier alpha value is -1.62. The van der Waals surface area contributed by atoms with Gasteiger partial charge in [0.2, 0.25) is 0 Å². The molecule has 1 aliphatic rings. The van der Waals surface area contributed by atoms with Crippen molar-refractivity contribution in [3.05, 3.63) is 38.9 Å². The molecule has 1 fully saturated rings. The number of nitro groups is 1. The van der Waals surface area contributed by atoms with E-state index in [1.54, 1.807) is 4.90 Å². The van der Waals surface area contributed by atoms with Crippen molar-refractivity contribution in [2.24, 2.45) is 0 Å². The molecule has 1 amide bonds. The van der Waals surface area contributed by atoms with Crippen LogP contribution in [0.3, 0.4) is 0 Å². The van der Waals surface area contributed by atoms with E-state index in [4.69, 9.17) is 11.6 Å². The fourth-order valence-corrected chi connectivity index (χ4v) is 2.27. The number of carbonyl (C=O) groups excluding carboxylic acids is 1. The Morgan fingerprint density at radius 3 is 2.56 bits per heavy atom. The first kappa shape index (κ1) is 12.8. The number of benzene rings is 1. The van der Waals surface area contributed by atoms with Gasteiger partial charge >= 0.3 is 0 Å². The number of amides is 1. The number of halogens is 1. The van der Waals surface area contributed by atoms with Gasteiger partial charge in [0, 0.05) is 24.2 Å². The van der Waals surface area contributed by atoms with E-state index in [0.717, 1.165) is 19.3 Å². The minimum atomic E-state index is -0.566. The lowest BCUT2D eigenvalue weighted by Gasteiger charge is -2.26. The van der Waals surface area contributed by atoms with E-state index in [1.807, 2.05) is 0 Å². The highest BCUT2D eigenvalue weighted by atomic mass is 35.5. The van der Waals surface area contributed by atoms with E-state index in [1.165, 1.54) is 18.2 Å². The van der Waals surface area contributed by atoms with Crippen molar-refractivity contribution in [3.8, 4) is 0 Å². The van der Waals surface area contributed by atoms with Gasteiger partial charge in [-0.05, 0) is 31.4 Å². The largest absolute Gasteiger partial charge is 0.338 e. The Kier molecular flexibility index (Phi) is 3.81. The van der Waals surface area contributed by atoms with Crippen molar-refractivity contribution in [3.63, 3.8) is 0 Å². The number of piperidine rings is 1. The van der Waals surface area contributed by atoms with E-state index < -0.39 is 4.92 Å². The molecule has 0 aliphatic carbocycles. The Bertz CT molecular complexity index is 484. The number of carbonyl (C=O) groups is 1. The lowest BCUT2D eigenvalue weighted by atomic mass is 10.1. The lowest BCUT2D eigenvalue weighted by Crippen LogP contribution is -2.35. The third-order valence-electron chi connectivity index (χ3n) is 3.03. The van der Waals surface area contributed by atoms with Crippen LogP contribution in [-0.2, 0) is 0 Å². The van der Waals surface area contributed by atoms with E-state index in [0.29, 0.717) is 13.1 Å². The fourth-order valence-electron chi connectivity index (χ4n) is 2.10. The minimum Gasteiger partial charge on any atom is -0.338 e. The van der Waals surface area contributed by atoms with Gasteiger partial charge < -0.3 is 4.90 Å². The SMILES string of the molecule is O=C(c1ccc(Cl)cc1[N+](=O)[O-])N1CCCCC1. The van der Waals surface area contributed by atoms with E-state index in [9.17, 15) is 14.9 Å². The second-order valence-electron chi connectivity index (χ2n) is 4.27. The van der Waals surface area contributed by atoms with Gasteiger partial charge in [0.05, 0.1) is 4.92 Å². The maximum Gasteiger partial charge on any atom is 0.283 e. The summed E-state index contributed by atoms with van der Waals surface area (Å²) in [6.45, 7) is 1.33. The van der Waals surface area contributed by atoms with Crippen LogP contribution in [0, 0.1) is 10.1 Å². The summed E-state index contributed by atoms with van der Waals surface area (Å²) in [5.74, 6) is -0.280. The maximum absolute atomic E-state index is 12.2. The molecule has 0 aromatic heterocycles. The molecule has 0 spiro atoms. The molecule has 1 aromatic rings. The molecule has 2 rings (SSSR count). The van der Waals surface area contributed by atoms with Gasteiger partial charge in [0.15, 0.2) is 0 Å². The fraction of sp³-hybridized carbons (Fsp3) is 0.417. The van der Waals surface area contributed by atoms with Crippen LogP contribution in [0.2, 0.25) is 5.02 Å². The maximum atomic E-state index is 12.2. The molecule has 1 saturated heterocycles. The van der Waals surface area contributed by atoms with Crippen LogP contribution >= 0.6 is 11.6 Å². The molecule has 0 bridgehead atoms. The number of hydrogen-bond donors (Lipinski definition) is 0. The van der Waals surface area contributed by atoms with Crippen LogP contribution in [0.1, 0.15) is 29.6 Å². The number of nitrogens with zero attached hydrogens (tertiary/aromatic N) is 2. The second-order valence-corrected chi connectivity index (χ2v) is 4.71. The van der Waals surface area contributed by atoms with E-state index >= 15 is 0 Å². The van der Waals surface area contributed by atoms with Crippen molar-refractivity contribution in [2.45, 2.75) is 19.3 Å². The molecule has 6 heteroatoms. The van der Waals surface area contributed by atoms with Crippen LogP contribution in [0.4, 0.5) is 5.69 Å². The normalized spacial score (nSPS) is 15.5. The van der Waals surface area contributed by atoms with Crippen molar-refractivity contribution in [2.75, 3.05) is 13.1 Å². The van der Waals surface area contributed by atoms with Crippen LogP contribution in [-0.4, -0.2) is 28.8 Å². The summed E-state index contributed by atoms with van der Waals surface area (Å²) in [5, 5.41) is 11.2. The van der Waals surface area contributed by atoms with Crippen LogP contribution < -0.4 is 0 Å². The number of hydrogen-bond acceptors (Lipinski definition) is 3. The molecule has 0 atom stereocenters. The number of rotatable bonds is 2. The van der Waals surface area contributed by atoms with Crippen molar-refractivity contribution in [1.29, 1.82) is 0 Å². The predicted molar refractivity (Wildman–Crippen MR) is 67.9 cm³/mol. The molecular weight excluding hydrogens is 256 g/mol. The number of nitro benzene ring substituents is 1. The summed E-state index contributed by atoms with van der Waals surface area (Å²) in [5.41, 5.74) is -0.107. The molecule has 1 aliphatic heterocycles. The molecule has 18 heavy (non-hydrogen) atoms. The van der Waals surface area contributed by atoms with Gasteiger partial charge in [0.1, 0.15) is 5.56 Å². The topological polar surface area (TPSA) is 63.4 Å². The Labute approximate surface area is 109 Å². The van der Waals surface area contributed by atoms with Crippen molar-refractivity contribution in [1.82, 2.24) is 4.90 Å². The summed E-state index contributed by atoms with van der Waals surface area (Å²) in [6, 6.07) is 4.15. The molecule has 0 N–H and O–H groups in total. The first-order valence-corrected chi connectivity index (χ1v) is 6.20. The van der Waals surface area contributed by atoms with Crippen molar-refractivity contribution < 1.29 is 9.72 Å². The Morgan fingerprint density at radius 2 is 1.94 bits per heavy atom. The summed E-state index contributed by atoms with van der Waals surface area (Å²) in [7, 11) is 0. The lowest BCUT2D eigenvalue weighted by molar-refractivity contribution is -0.385. The average Bonchev–Trinajstić information content (AvgIpc) is 2.39. The first-order valence-electron chi connectivity index (χ1n) is 5.83. The van der Waals surface area contributed by atoms with Gasteiger partial charge in [-0.1, -0.05) is 11.6 Å². The van der Waals surface area contributed by atoms with Crippen LogP contribution in [0.25, 0.3) is 0 Å². The number of likely N-dealkylation sites (tertiary alicyclic amines) is 1. The minimum absolute atomic E-state index is 0.117.